The molecule has 1 saturated carbocycles. The lowest BCUT2D eigenvalue weighted by Crippen LogP contribution is -2.40. The molecule has 14 heavy (non-hydrogen) atoms. The Hall–Kier alpha value is -0.0800. The van der Waals surface area contributed by atoms with Crippen LogP contribution in [0.25, 0.3) is 0 Å². The van der Waals surface area contributed by atoms with E-state index in [1.165, 1.54) is 19.3 Å². The molecule has 1 fully saturated rings. The first-order valence-electron chi connectivity index (χ1n) is 6.00. The van der Waals surface area contributed by atoms with Crippen LogP contribution in [0.1, 0.15) is 46.5 Å². The van der Waals surface area contributed by atoms with Crippen LogP contribution in [-0.4, -0.2) is 23.8 Å². The summed E-state index contributed by atoms with van der Waals surface area (Å²) in [6.07, 6.45) is 4.88. The van der Waals surface area contributed by atoms with Gasteiger partial charge in [-0.3, -0.25) is 0 Å². The van der Waals surface area contributed by atoms with Gasteiger partial charge in [-0.05, 0) is 37.5 Å². The lowest BCUT2D eigenvalue weighted by atomic mass is 9.99. The topological polar surface area (TPSA) is 32.3 Å². The van der Waals surface area contributed by atoms with Gasteiger partial charge >= 0.3 is 0 Å². The van der Waals surface area contributed by atoms with Crippen LogP contribution in [-0.2, 0) is 0 Å². The standard InChI is InChI=1S/C12H25NO/c1-9(2)12(6-7-14)13-11-5-4-10(3)8-11/h9-14H,4-8H2,1-3H3. The molecule has 0 aromatic heterocycles. The molecule has 0 aromatic carbocycles. The summed E-state index contributed by atoms with van der Waals surface area (Å²) in [5, 5.41) is 12.7. The summed E-state index contributed by atoms with van der Waals surface area (Å²) in [5.41, 5.74) is 0. The first-order chi connectivity index (χ1) is 6.63. The monoisotopic (exact) mass is 199 g/mol. The van der Waals surface area contributed by atoms with Gasteiger partial charge < -0.3 is 10.4 Å². The Kier molecular flexibility index (Phi) is 4.90. The lowest BCUT2D eigenvalue weighted by molar-refractivity contribution is 0.234. The van der Waals surface area contributed by atoms with Crippen molar-refractivity contribution in [3.05, 3.63) is 0 Å². The van der Waals surface area contributed by atoms with Crippen molar-refractivity contribution in [1.29, 1.82) is 0 Å². The van der Waals surface area contributed by atoms with Crippen LogP contribution < -0.4 is 5.32 Å². The molecule has 2 heteroatoms. The van der Waals surface area contributed by atoms with Crippen LogP contribution in [0.5, 0.6) is 0 Å². The van der Waals surface area contributed by atoms with Crippen molar-refractivity contribution in [3.63, 3.8) is 0 Å². The van der Waals surface area contributed by atoms with Gasteiger partial charge in [0.15, 0.2) is 0 Å². The third-order valence-electron chi connectivity index (χ3n) is 3.39. The molecule has 0 aliphatic heterocycles. The van der Waals surface area contributed by atoms with Gasteiger partial charge in [0.25, 0.3) is 0 Å². The van der Waals surface area contributed by atoms with E-state index in [4.69, 9.17) is 5.11 Å². The fraction of sp³-hybridized carbons (Fsp3) is 1.00. The van der Waals surface area contributed by atoms with Crippen LogP contribution in [0, 0.1) is 11.8 Å². The molecular formula is C12H25NO. The number of aliphatic hydroxyl groups is 1. The summed E-state index contributed by atoms with van der Waals surface area (Å²) in [4.78, 5) is 0. The summed E-state index contributed by atoms with van der Waals surface area (Å²) < 4.78 is 0. The molecule has 0 bridgehead atoms. The highest BCUT2D eigenvalue weighted by atomic mass is 16.3. The van der Waals surface area contributed by atoms with Crippen molar-refractivity contribution in [2.24, 2.45) is 11.8 Å². The average molecular weight is 199 g/mol. The maximum atomic E-state index is 8.97. The first kappa shape index (κ1) is 12.0. The largest absolute Gasteiger partial charge is 0.396 e. The minimum Gasteiger partial charge on any atom is -0.396 e. The molecule has 1 rings (SSSR count). The van der Waals surface area contributed by atoms with Crippen molar-refractivity contribution < 1.29 is 5.11 Å². The highest BCUT2D eigenvalue weighted by molar-refractivity contribution is 4.82. The second-order valence-electron chi connectivity index (χ2n) is 5.14. The Morgan fingerprint density at radius 2 is 2.07 bits per heavy atom. The van der Waals surface area contributed by atoms with Gasteiger partial charge in [0.1, 0.15) is 0 Å². The Balaban J connectivity index is 2.31. The van der Waals surface area contributed by atoms with Gasteiger partial charge in [0.05, 0.1) is 0 Å². The number of rotatable bonds is 5. The SMILES string of the molecule is CC1CCC(NC(CCO)C(C)C)C1. The smallest absolute Gasteiger partial charge is 0.0445 e. The molecule has 0 spiro atoms. The maximum absolute atomic E-state index is 8.97. The van der Waals surface area contributed by atoms with Crippen LogP contribution >= 0.6 is 0 Å². The summed E-state index contributed by atoms with van der Waals surface area (Å²) in [6, 6.07) is 1.19. The summed E-state index contributed by atoms with van der Waals surface area (Å²) in [6.45, 7) is 7.09. The first-order valence-corrected chi connectivity index (χ1v) is 6.00. The van der Waals surface area contributed by atoms with Crippen LogP contribution in [0.4, 0.5) is 0 Å². The van der Waals surface area contributed by atoms with E-state index in [-0.39, 0.29) is 0 Å². The second-order valence-corrected chi connectivity index (χ2v) is 5.14. The Bertz CT molecular complexity index is 158. The van der Waals surface area contributed by atoms with E-state index in [1.54, 1.807) is 0 Å². The number of nitrogens with one attached hydrogen (secondary N) is 1. The van der Waals surface area contributed by atoms with Gasteiger partial charge in [0.2, 0.25) is 0 Å². The van der Waals surface area contributed by atoms with Gasteiger partial charge in [-0.2, -0.15) is 0 Å². The highest BCUT2D eigenvalue weighted by Gasteiger charge is 2.24. The van der Waals surface area contributed by atoms with Crippen LogP contribution in [0.3, 0.4) is 0 Å². The van der Waals surface area contributed by atoms with Crippen LogP contribution in [0.15, 0.2) is 0 Å². The van der Waals surface area contributed by atoms with Gasteiger partial charge in [-0.15, -0.1) is 0 Å². The Morgan fingerprint density at radius 3 is 2.50 bits per heavy atom. The Labute approximate surface area is 88.1 Å². The molecule has 2 N–H and O–H groups in total. The molecule has 1 aliphatic rings. The zero-order valence-corrected chi connectivity index (χ0v) is 9.79. The van der Waals surface area contributed by atoms with E-state index in [0.29, 0.717) is 24.6 Å². The van der Waals surface area contributed by atoms with Crippen molar-refractivity contribution in [2.45, 2.75) is 58.5 Å². The van der Waals surface area contributed by atoms with Crippen molar-refractivity contribution in [1.82, 2.24) is 5.32 Å². The molecule has 1 aliphatic carbocycles. The van der Waals surface area contributed by atoms with E-state index in [1.807, 2.05) is 0 Å². The maximum Gasteiger partial charge on any atom is 0.0445 e. The fourth-order valence-electron chi connectivity index (χ4n) is 2.41. The second kappa shape index (κ2) is 5.72. The van der Waals surface area contributed by atoms with E-state index in [9.17, 15) is 0 Å². The molecule has 0 amide bonds. The van der Waals surface area contributed by atoms with Gasteiger partial charge in [-0.1, -0.05) is 20.8 Å². The molecular weight excluding hydrogens is 174 g/mol. The lowest BCUT2D eigenvalue weighted by Gasteiger charge is -2.25. The third kappa shape index (κ3) is 3.58. The average Bonchev–Trinajstić information content (AvgIpc) is 2.50. The molecule has 3 unspecified atom stereocenters. The fourth-order valence-corrected chi connectivity index (χ4v) is 2.41. The normalized spacial score (nSPS) is 29.8. The van der Waals surface area contributed by atoms with E-state index in [2.05, 4.69) is 26.1 Å². The zero-order chi connectivity index (χ0) is 10.6. The molecule has 3 atom stereocenters. The molecule has 0 aromatic rings. The van der Waals surface area contributed by atoms with Gasteiger partial charge in [-0.25, -0.2) is 0 Å². The minimum atomic E-state index is 0.304. The molecule has 0 saturated heterocycles. The van der Waals surface area contributed by atoms with E-state index >= 15 is 0 Å². The zero-order valence-electron chi connectivity index (χ0n) is 9.79. The predicted octanol–water partition coefficient (Wildman–Crippen LogP) is 2.17. The van der Waals surface area contributed by atoms with Gasteiger partial charge in [0, 0.05) is 18.7 Å². The summed E-state index contributed by atoms with van der Waals surface area (Å²) in [5.74, 6) is 1.51. The van der Waals surface area contributed by atoms with Crippen molar-refractivity contribution in [3.8, 4) is 0 Å². The van der Waals surface area contributed by atoms with E-state index < -0.39 is 0 Å². The van der Waals surface area contributed by atoms with E-state index in [0.717, 1.165) is 12.3 Å². The summed E-state index contributed by atoms with van der Waals surface area (Å²) in [7, 11) is 0. The molecule has 2 nitrogen and oxygen atoms in total. The van der Waals surface area contributed by atoms with Crippen molar-refractivity contribution >= 4 is 0 Å². The number of hydrogen-bond donors (Lipinski definition) is 2. The van der Waals surface area contributed by atoms with Crippen LogP contribution in [0.2, 0.25) is 0 Å². The number of hydrogen-bond acceptors (Lipinski definition) is 2. The highest BCUT2D eigenvalue weighted by Crippen LogP contribution is 2.25. The quantitative estimate of drug-likeness (QED) is 0.711. The minimum absolute atomic E-state index is 0.304. The van der Waals surface area contributed by atoms with Crippen molar-refractivity contribution in [2.75, 3.05) is 6.61 Å². The predicted molar refractivity (Wildman–Crippen MR) is 60.3 cm³/mol. The number of aliphatic hydroxyl groups excluding tert-OH is 1. The third-order valence-corrected chi connectivity index (χ3v) is 3.39. The molecule has 0 radical (unpaired) electrons. The summed E-state index contributed by atoms with van der Waals surface area (Å²) >= 11 is 0. The molecule has 84 valence electrons. The Morgan fingerprint density at radius 1 is 1.36 bits per heavy atom. The molecule has 0 heterocycles.